The Balaban J connectivity index is 3.05. The summed E-state index contributed by atoms with van der Waals surface area (Å²) in [4.78, 5) is 2.03. The number of hydrogen-bond donors (Lipinski definition) is 2. The van der Waals surface area contributed by atoms with Gasteiger partial charge < -0.3 is 15.4 Å². The Kier molecular flexibility index (Phi) is 5.61. The minimum Gasteiger partial charge on any atom is -0.492 e. The first-order valence-corrected chi connectivity index (χ1v) is 8.28. The van der Waals surface area contributed by atoms with E-state index in [1.807, 2.05) is 32.8 Å². The number of likely N-dealkylation sites (N-methyl/N-ethyl adjacent to an activating group) is 1. The standard InChI is InChI=1S/C14H25N3O3S/c1-6-20-12-8-7-11(15)9-13(12)21(18,19)16-10-14(2,3)17(4)5/h7-9,16H,6,10,15H2,1-5H3. The number of hydrogen-bond acceptors (Lipinski definition) is 5. The van der Waals surface area contributed by atoms with Crippen LogP contribution in [0.5, 0.6) is 5.75 Å². The summed E-state index contributed by atoms with van der Waals surface area (Å²) in [6.45, 7) is 6.38. The number of sulfonamides is 1. The number of nitrogens with two attached hydrogens (primary N) is 1. The van der Waals surface area contributed by atoms with Gasteiger partial charge in [-0.2, -0.15) is 0 Å². The molecular formula is C14H25N3O3S. The topological polar surface area (TPSA) is 84.7 Å². The van der Waals surface area contributed by atoms with Crippen molar-refractivity contribution >= 4 is 15.7 Å². The summed E-state index contributed by atoms with van der Waals surface area (Å²) < 4.78 is 33.0. The Hall–Kier alpha value is -1.31. The molecule has 0 amide bonds. The Bertz CT molecular complexity index is 583. The van der Waals surface area contributed by atoms with Gasteiger partial charge in [0.15, 0.2) is 0 Å². The van der Waals surface area contributed by atoms with Gasteiger partial charge in [-0.1, -0.05) is 0 Å². The lowest BCUT2D eigenvalue weighted by Gasteiger charge is -2.32. The van der Waals surface area contributed by atoms with E-state index in [-0.39, 0.29) is 17.0 Å². The second-order valence-electron chi connectivity index (χ2n) is 5.67. The molecule has 0 aliphatic rings. The predicted molar refractivity (Wildman–Crippen MR) is 85.0 cm³/mol. The fraction of sp³-hybridized carbons (Fsp3) is 0.571. The lowest BCUT2D eigenvalue weighted by atomic mass is 10.1. The first-order valence-electron chi connectivity index (χ1n) is 6.79. The van der Waals surface area contributed by atoms with E-state index < -0.39 is 10.0 Å². The molecule has 0 saturated heterocycles. The van der Waals surface area contributed by atoms with Crippen LogP contribution in [0.15, 0.2) is 23.1 Å². The van der Waals surface area contributed by atoms with E-state index in [2.05, 4.69) is 4.72 Å². The van der Waals surface area contributed by atoms with E-state index in [4.69, 9.17) is 10.5 Å². The SMILES string of the molecule is CCOc1ccc(N)cc1S(=O)(=O)NCC(C)(C)N(C)C. The van der Waals surface area contributed by atoms with Crippen LogP contribution >= 0.6 is 0 Å². The van der Waals surface area contributed by atoms with E-state index in [1.54, 1.807) is 19.1 Å². The third-order valence-corrected chi connectivity index (χ3v) is 4.89. The van der Waals surface area contributed by atoms with Gasteiger partial charge >= 0.3 is 0 Å². The van der Waals surface area contributed by atoms with Gasteiger partial charge in [0.2, 0.25) is 10.0 Å². The first kappa shape index (κ1) is 17.7. The van der Waals surface area contributed by atoms with Gasteiger partial charge in [0.1, 0.15) is 10.6 Å². The molecule has 0 bridgehead atoms. The van der Waals surface area contributed by atoms with Crippen molar-refractivity contribution in [2.45, 2.75) is 31.2 Å². The maximum atomic E-state index is 12.5. The molecule has 0 spiro atoms. The normalized spacial score (nSPS) is 12.7. The van der Waals surface area contributed by atoms with Gasteiger partial charge in [-0.25, -0.2) is 13.1 Å². The molecule has 120 valence electrons. The summed E-state index contributed by atoms with van der Waals surface area (Å²) in [5.41, 5.74) is 5.77. The van der Waals surface area contributed by atoms with E-state index >= 15 is 0 Å². The van der Waals surface area contributed by atoms with E-state index in [0.29, 0.717) is 18.0 Å². The van der Waals surface area contributed by atoms with Crippen LogP contribution in [0, 0.1) is 0 Å². The second-order valence-corrected chi connectivity index (χ2v) is 7.41. The number of rotatable bonds is 7. The number of nitrogens with zero attached hydrogens (tertiary/aromatic N) is 1. The molecule has 0 heterocycles. The predicted octanol–water partition coefficient (Wildman–Crippen LogP) is 1.29. The van der Waals surface area contributed by atoms with Crippen molar-refractivity contribution in [2.75, 3.05) is 33.0 Å². The molecule has 1 aromatic carbocycles. The Morgan fingerprint density at radius 3 is 2.48 bits per heavy atom. The van der Waals surface area contributed by atoms with E-state index in [0.717, 1.165) is 0 Å². The molecule has 0 fully saturated rings. The molecule has 21 heavy (non-hydrogen) atoms. The van der Waals surface area contributed by atoms with Crippen LogP contribution in [-0.4, -0.2) is 46.1 Å². The zero-order chi connectivity index (χ0) is 16.3. The molecular weight excluding hydrogens is 290 g/mol. The fourth-order valence-electron chi connectivity index (χ4n) is 1.52. The molecule has 0 aromatic heterocycles. The van der Waals surface area contributed by atoms with E-state index in [1.165, 1.54) is 6.07 Å². The van der Waals surface area contributed by atoms with Gasteiger partial charge in [-0.15, -0.1) is 0 Å². The Labute approximate surface area is 127 Å². The van der Waals surface area contributed by atoms with Crippen LogP contribution < -0.4 is 15.2 Å². The Morgan fingerprint density at radius 1 is 1.33 bits per heavy atom. The summed E-state index contributed by atoms with van der Waals surface area (Å²) in [5, 5.41) is 0. The maximum Gasteiger partial charge on any atom is 0.244 e. The number of nitrogen functional groups attached to an aromatic ring is 1. The average molecular weight is 315 g/mol. The molecule has 1 aromatic rings. The smallest absolute Gasteiger partial charge is 0.244 e. The monoisotopic (exact) mass is 315 g/mol. The van der Waals surface area contributed by atoms with Crippen LogP contribution in [0.4, 0.5) is 5.69 Å². The molecule has 3 N–H and O–H groups in total. The summed E-state index contributed by atoms with van der Waals surface area (Å²) >= 11 is 0. The lowest BCUT2D eigenvalue weighted by Crippen LogP contribution is -2.48. The largest absolute Gasteiger partial charge is 0.492 e. The maximum absolute atomic E-state index is 12.5. The van der Waals surface area contributed by atoms with Crippen LogP contribution in [0.25, 0.3) is 0 Å². The molecule has 0 atom stereocenters. The highest BCUT2D eigenvalue weighted by Gasteiger charge is 2.26. The molecule has 0 aliphatic heterocycles. The second kappa shape index (κ2) is 6.64. The highest BCUT2D eigenvalue weighted by molar-refractivity contribution is 7.89. The summed E-state index contributed by atoms with van der Waals surface area (Å²) in [6, 6.07) is 4.61. The van der Waals surface area contributed by atoms with Gasteiger partial charge in [-0.3, -0.25) is 0 Å². The number of nitrogens with one attached hydrogen (secondary N) is 1. The van der Waals surface area contributed by atoms with Crippen molar-refractivity contribution in [1.29, 1.82) is 0 Å². The third-order valence-electron chi connectivity index (χ3n) is 3.46. The highest BCUT2D eigenvalue weighted by Crippen LogP contribution is 2.26. The minimum atomic E-state index is -3.68. The molecule has 0 aliphatic carbocycles. The molecule has 6 nitrogen and oxygen atoms in total. The molecule has 0 radical (unpaired) electrons. The van der Waals surface area contributed by atoms with Crippen LogP contribution in [-0.2, 0) is 10.0 Å². The lowest BCUT2D eigenvalue weighted by molar-refractivity contribution is 0.198. The zero-order valence-electron chi connectivity index (χ0n) is 13.3. The molecule has 1 rings (SSSR count). The van der Waals surface area contributed by atoms with Crippen LogP contribution in [0.1, 0.15) is 20.8 Å². The van der Waals surface area contributed by atoms with Gasteiger partial charge in [0, 0.05) is 17.8 Å². The average Bonchev–Trinajstić information content (AvgIpc) is 2.39. The molecule has 0 unspecified atom stereocenters. The van der Waals surface area contributed by atoms with Gasteiger partial charge in [-0.05, 0) is 53.1 Å². The van der Waals surface area contributed by atoms with Crippen molar-refractivity contribution in [3.05, 3.63) is 18.2 Å². The van der Waals surface area contributed by atoms with Gasteiger partial charge in [0.05, 0.1) is 6.61 Å². The summed E-state index contributed by atoms with van der Waals surface area (Å²) in [5.74, 6) is 0.307. The third kappa shape index (κ3) is 4.59. The van der Waals surface area contributed by atoms with Crippen LogP contribution in [0.3, 0.4) is 0 Å². The zero-order valence-corrected chi connectivity index (χ0v) is 14.1. The molecule has 0 saturated carbocycles. The number of benzene rings is 1. The fourth-order valence-corrected chi connectivity index (χ4v) is 2.90. The molecule has 7 heteroatoms. The van der Waals surface area contributed by atoms with Crippen molar-refractivity contribution < 1.29 is 13.2 Å². The van der Waals surface area contributed by atoms with Crippen molar-refractivity contribution in [2.24, 2.45) is 0 Å². The van der Waals surface area contributed by atoms with Crippen molar-refractivity contribution in [1.82, 2.24) is 9.62 Å². The van der Waals surface area contributed by atoms with Crippen LogP contribution in [0.2, 0.25) is 0 Å². The summed E-state index contributed by atoms with van der Waals surface area (Å²) in [6.07, 6.45) is 0. The van der Waals surface area contributed by atoms with Gasteiger partial charge in [0.25, 0.3) is 0 Å². The number of anilines is 1. The Morgan fingerprint density at radius 2 is 1.95 bits per heavy atom. The van der Waals surface area contributed by atoms with Crippen molar-refractivity contribution in [3.8, 4) is 5.75 Å². The van der Waals surface area contributed by atoms with E-state index in [9.17, 15) is 8.42 Å². The quantitative estimate of drug-likeness (QED) is 0.741. The van der Waals surface area contributed by atoms with Crippen molar-refractivity contribution in [3.63, 3.8) is 0 Å². The first-order chi connectivity index (χ1) is 9.60. The highest BCUT2D eigenvalue weighted by atomic mass is 32.2. The number of ether oxygens (including phenoxy) is 1. The summed E-state index contributed by atoms with van der Waals surface area (Å²) in [7, 11) is 0.122. The minimum absolute atomic E-state index is 0.0684.